The van der Waals surface area contributed by atoms with Gasteiger partial charge in [-0.25, -0.2) is 8.78 Å². The molecule has 1 unspecified atom stereocenters. The number of carbonyl (C=O) groups excluding carboxylic acids is 2. The fourth-order valence-electron chi connectivity index (χ4n) is 2.87. The maximum Gasteiger partial charge on any atom is 0.231 e. The van der Waals surface area contributed by atoms with Gasteiger partial charge in [-0.15, -0.1) is 21.5 Å². The zero-order valence-corrected chi connectivity index (χ0v) is 17.3. The van der Waals surface area contributed by atoms with Gasteiger partial charge in [0.25, 0.3) is 0 Å². The molecule has 4 rings (SSSR count). The van der Waals surface area contributed by atoms with E-state index in [2.05, 4.69) is 15.5 Å². The highest BCUT2D eigenvalue weighted by Gasteiger charge is 2.36. The second-order valence-corrected chi connectivity index (χ2v) is 9.46. The third-order valence-electron chi connectivity index (χ3n) is 4.25. The Morgan fingerprint density at radius 3 is 2.93 bits per heavy atom. The summed E-state index contributed by atoms with van der Waals surface area (Å²) >= 11 is 4.44. The summed E-state index contributed by atoms with van der Waals surface area (Å²) < 4.78 is 27.8. The number of halogens is 2. The molecule has 1 atom stereocenters. The van der Waals surface area contributed by atoms with Gasteiger partial charge < -0.3 is 10.2 Å². The standard InChI is InChI=1S/C18H14F2N4O2S3/c19-11-3-4-14(13(20)7-11)24-8-10(6-15(24)25)16(26)21-17-22-23-18(29-17)28-9-12-2-1-5-27-12/h1-5,7,10H,6,8-9H2,(H,21,22,26). The molecule has 2 amide bonds. The van der Waals surface area contributed by atoms with Gasteiger partial charge in [0.1, 0.15) is 11.6 Å². The number of anilines is 2. The number of rotatable bonds is 6. The summed E-state index contributed by atoms with van der Waals surface area (Å²) in [4.78, 5) is 27.1. The van der Waals surface area contributed by atoms with Crippen molar-refractivity contribution in [2.24, 2.45) is 5.92 Å². The Kier molecular flexibility index (Phi) is 5.88. The predicted octanol–water partition coefficient (Wildman–Crippen LogP) is 4.16. The highest BCUT2D eigenvalue weighted by atomic mass is 32.2. The van der Waals surface area contributed by atoms with Crippen LogP contribution in [0.3, 0.4) is 0 Å². The Morgan fingerprint density at radius 1 is 1.31 bits per heavy atom. The molecule has 1 aliphatic rings. The summed E-state index contributed by atoms with van der Waals surface area (Å²) in [7, 11) is 0. The number of aromatic nitrogens is 2. The number of thiophene rings is 1. The topological polar surface area (TPSA) is 75.2 Å². The third-order valence-corrected chi connectivity index (χ3v) is 7.33. The van der Waals surface area contributed by atoms with Crippen molar-refractivity contribution in [3.05, 3.63) is 52.2 Å². The van der Waals surface area contributed by atoms with Crippen molar-refractivity contribution in [2.75, 3.05) is 16.8 Å². The molecule has 29 heavy (non-hydrogen) atoms. The first-order valence-corrected chi connectivity index (χ1v) is 11.2. The van der Waals surface area contributed by atoms with Gasteiger partial charge in [0.2, 0.25) is 16.9 Å². The van der Waals surface area contributed by atoms with Crippen molar-refractivity contribution in [3.63, 3.8) is 0 Å². The second kappa shape index (κ2) is 8.56. The summed E-state index contributed by atoms with van der Waals surface area (Å²) in [5.74, 6) is -2.21. The summed E-state index contributed by atoms with van der Waals surface area (Å²) in [6.45, 7) is 0.0198. The molecule has 0 saturated carbocycles. The minimum absolute atomic E-state index is 0.0198. The van der Waals surface area contributed by atoms with Crippen LogP contribution in [-0.4, -0.2) is 28.6 Å². The Bertz CT molecular complexity index is 1040. The van der Waals surface area contributed by atoms with Gasteiger partial charge in [-0.2, -0.15) is 0 Å². The molecule has 0 radical (unpaired) electrons. The van der Waals surface area contributed by atoms with Crippen LogP contribution >= 0.6 is 34.4 Å². The smallest absolute Gasteiger partial charge is 0.231 e. The number of thioether (sulfide) groups is 1. The lowest BCUT2D eigenvalue weighted by atomic mass is 10.1. The number of hydrogen-bond acceptors (Lipinski definition) is 7. The van der Waals surface area contributed by atoms with Crippen molar-refractivity contribution in [3.8, 4) is 0 Å². The molecule has 2 aromatic heterocycles. The fourth-order valence-corrected chi connectivity index (χ4v) is 5.40. The zero-order valence-electron chi connectivity index (χ0n) is 14.8. The van der Waals surface area contributed by atoms with Crippen LogP contribution in [0.4, 0.5) is 19.6 Å². The Balaban J connectivity index is 1.36. The molecule has 0 spiro atoms. The van der Waals surface area contributed by atoms with E-state index in [0.29, 0.717) is 11.2 Å². The lowest BCUT2D eigenvalue weighted by Crippen LogP contribution is -2.28. The van der Waals surface area contributed by atoms with Crippen molar-refractivity contribution >= 4 is 57.1 Å². The monoisotopic (exact) mass is 452 g/mol. The van der Waals surface area contributed by atoms with E-state index < -0.39 is 17.6 Å². The molecule has 3 aromatic rings. The van der Waals surface area contributed by atoms with E-state index in [1.165, 1.54) is 38.9 Å². The molecular weight excluding hydrogens is 438 g/mol. The van der Waals surface area contributed by atoms with E-state index in [-0.39, 0.29) is 30.5 Å². The van der Waals surface area contributed by atoms with Crippen LogP contribution in [0.5, 0.6) is 0 Å². The van der Waals surface area contributed by atoms with Crippen LogP contribution < -0.4 is 10.2 Å². The van der Waals surface area contributed by atoms with Gasteiger partial charge in [0.05, 0.1) is 11.6 Å². The molecule has 0 aliphatic carbocycles. The summed E-state index contributed by atoms with van der Waals surface area (Å²) in [5.41, 5.74) is -0.0325. The number of hydrogen-bond donors (Lipinski definition) is 1. The molecule has 1 fully saturated rings. The Labute approximate surface area is 177 Å². The van der Waals surface area contributed by atoms with Crippen molar-refractivity contribution in [1.82, 2.24) is 10.2 Å². The average Bonchev–Trinajstić information content (AvgIpc) is 3.42. The van der Waals surface area contributed by atoms with E-state index in [1.807, 2.05) is 17.5 Å². The number of carbonyl (C=O) groups is 2. The zero-order chi connectivity index (χ0) is 20.4. The summed E-state index contributed by atoms with van der Waals surface area (Å²) in [5, 5.41) is 13.0. The Morgan fingerprint density at radius 2 is 2.17 bits per heavy atom. The van der Waals surface area contributed by atoms with Crippen LogP contribution in [0.15, 0.2) is 40.1 Å². The van der Waals surface area contributed by atoms with Crippen LogP contribution in [-0.2, 0) is 15.3 Å². The largest absolute Gasteiger partial charge is 0.309 e. The normalized spacial score (nSPS) is 16.4. The van der Waals surface area contributed by atoms with Gasteiger partial charge in [-0.05, 0) is 23.6 Å². The maximum absolute atomic E-state index is 14.0. The van der Waals surface area contributed by atoms with Crippen LogP contribution in [0, 0.1) is 17.6 Å². The molecule has 3 heterocycles. The first kappa shape index (κ1) is 19.9. The highest BCUT2D eigenvalue weighted by molar-refractivity contribution is 8.00. The van der Waals surface area contributed by atoms with Crippen LogP contribution in [0.1, 0.15) is 11.3 Å². The lowest BCUT2D eigenvalue weighted by molar-refractivity contribution is -0.122. The van der Waals surface area contributed by atoms with E-state index in [1.54, 1.807) is 11.3 Å². The van der Waals surface area contributed by atoms with Crippen LogP contribution in [0.25, 0.3) is 0 Å². The molecule has 1 aromatic carbocycles. The second-order valence-electron chi connectivity index (χ2n) is 6.23. The molecule has 6 nitrogen and oxygen atoms in total. The van der Waals surface area contributed by atoms with E-state index in [4.69, 9.17) is 0 Å². The number of amides is 2. The highest BCUT2D eigenvalue weighted by Crippen LogP contribution is 2.31. The molecule has 150 valence electrons. The average molecular weight is 453 g/mol. The van der Waals surface area contributed by atoms with Gasteiger partial charge >= 0.3 is 0 Å². The van der Waals surface area contributed by atoms with Crippen molar-refractivity contribution in [2.45, 2.75) is 16.5 Å². The van der Waals surface area contributed by atoms with Gasteiger partial charge in [0, 0.05) is 29.7 Å². The third kappa shape index (κ3) is 4.62. The van der Waals surface area contributed by atoms with Crippen molar-refractivity contribution < 1.29 is 18.4 Å². The number of nitrogens with zero attached hydrogens (tertiary/aromatic N) is 3. The van der Waals surface area contributed by atoms with Crippen LogP contribution in [0.2, 0.25) is 0 Å². The first-order valence-electron chi connectivity index (χ1n) is 8.54. The Hall–Kier alpha value is -2.37. The SMILES string of the molecule is O=C(Nc1nnc(SCc2cccs2)s1)C1CC(=O)N(c2ccc(F)cc2F)C1. The quantitative estimate of drug-likeness (QED) is 0.449. The molecule has 1 saturated heterocycles. The van der Waals surface area contributed by atoms with Gasteiger partial charge in [0.15, 0.2) is 4.34 Å². The van der Waals surface area contributed by atoms with E-state index >= 15 is 0 Å². The molecule has 0 bridgehead atoms. The first-order chi connectivity index (χ1) is 14.0. The summed E-state index contributed by atoms with van der Waals surface area (Å²) in [6, 6.07) is 7.01. The minimum Gasteiger partial charge on any atom is -0.309 e. The minimum atomic E-state index is -0.837. The predicted molar refractivity (Wildman–Crippen MR) is 109 cm³/mol. The molecule has 11 heteroatoms. The maximum atomic E-state index is 14.0. The molecule has 1 aliphatic heterocycles. The molecule has 1 N–H and O–H groups in total. The summed E-state index contributed by atoms with van der Waals surface area (Å²) in [6.07, 6.45) is -0.0541. The number of benzene rings is 1. The van der Waals surface area contributed by atoms with E-state index in [0.717, 1.165) is 16.2 Å². The fraction of sp³-hybridized carbons (Fsp3) is 0.222. The van der Waals surface area contributed by atoms with Gasteiger partial charge in [-0.3, -0.25) is 9.59 Å². The molecular formula is C18H14F2N4O2S3. The lowest BCUT2D eigenvalue weighted by Gasteiger charge is -2.17. The van der Waals surface area contributed by atoms with Crippen molar-refractivity contribution in [1.29, 1.82) is 0 Å². The number of nitrogens with one attached hydrogen (secondary N) is 1. The van der Waals surface area contributed by atoms with E-state index in [9.17, 15) is 18.4 Å². The van der Waals surface area contributed by atoms with Gasteiger partial charge in [-0.1, -0.05) is 29.2 Å².